The zero-order valence-electron chi connectivity index (χ0n) is 10.9. The molecule has 0 radical (unpaired) electrons. The Labute approximate surface area is 112 Å². The summed E-state index contributed by atoms with van der Waals surface area (Å²) in [6.07, 6.45) is 2.74. The van der Waals surface area contributed by atoms with Gasteiger partial charge in [-0.2, -0.15) is 0 Å². The van der Waals surface area contributed by atoms with Crippen molar-refractivity contribution in [3.8, 4) is 0 Å². The number of likely N-dealkylation sites (tertiary alicyclic amines) is 1. The first-order chi connectivity index (χ1) is 9.10. The van der Waals surface area contributed by atoms with Crippen molar-refractivity contribution >= 4 is 11.8 Å². The lowest BCUT2D eigenvalue weighted by Crippen LogP contribution is -2.48. The summed E-state index contributed by atoms with van der Waals surface area (Å²) in [7, 11) is 1.75. The maximum atomic E-state index is 12.1. The first-order valence-electron chi connectivity index (χ1n) is 6.30. The largest absolute Gasteiger partial charge is 0.348 e. The minimum absolute atomic E-state index is 0.00434. The Balaban J connectivity index is 1.99. The number of nitrogens with two attached hydrogens (primary N) is 1. The third-order valence-corrected chi connectivity index (χ3v) is 3.25. The van der Waals surface area contributed by atoms with E-state index in [0.717, 1.165) is 0 Å². The van der Waals surface area contributed by atoms with E-state index in [1.807, 2.05) is 0 Å². The van der Waals surface area contributed by atoms with Crippen LogP contribution in [0.3, 0.4) is 0 Å². The van der Waals surface area contributed by atoms with Crippen LogP contribution in [-0.2, 0) is 11.3 Å². The zero-order valence-corrected chi connectivity index (χ0v) is 10.9. The molecule has 1 aromatic heterocycles. The Bertz CT molecular complexity index is 489. The molecule has 1 aliphatic rings. The van der Waals surface area contributed by atoms with Gasteiger partial charge < -0.3 is 16.0 Å². The van der Waals surface area contributed by atoms with Crippen LogP contribution in [0.1, 0.15) is 28.9 Å². The minimum atomic E-state index is -0.148. The summed E-state index contributed by atoms with van der Waals surface area (Å²) >= 11 is 0. The number of carbonyl (C=O) groups is 2. The van der Waals surface area contributed by atoms with E-state index in [1.54, 1.807) is 30.3 Å². The van der Waals surface area contributed by atoms with Gasteiger partial charge in [-0.3, -0.25) is 14.6 Å². The first kappa shape index (κ1) is 13.5. The van der Waals surface area contributed by atoms with Gasteiger partial charge in [-0.05, 0) is 18.6 Å². The Morgan fingerprint density at radius 1 is 1.63 bits per heavy atom. The Morgan fingerprint density at radius 3 is 3.11 bits per heavy atom. The molecule has 3 N–H and O–H groups in total. The summed E-state index contributed by atoms with van der Waals surface area (Å²) in [4.78, 5) is 29.2. The van der Waals surface area contributed by atoms with Crippen LogP contribution in [0.2, 0.25) is 0 Å². The van der Waals surface area contributed by atoms with E-state index in [2.05, 4.69) is 10.3 Å². The Hall–Kier alpha value is -1.95. The maximum absolute atomic E-state index is 12.1. The molecule has 0 aliphatic carbocycles. The molecule has 1 saturated heterocycles. The standard InChI is InChI=1S/C13H18N4O2/c1-17-8-10(2-3-12(17)18)16-13(19)9-4-5-15-11(6-9)7-14/h4-6,10H,2-3,7-8,14H2,1H3,(H,16,19). The lowest BCUT2D eigenvalue weighted by atomic mass is 10.1. The predicted molar refractivity (Wildman–Crippen MR) is 70.3 cm³/mol. The second-order valence-corrected chi connectivity index (χ2v) is 4.72. The van der Waals surface area contributed by atoms with Gasteiger partial charge in [-0.25, -0.2) is 0 Å². The van der Waals surface area contributed by atoms with Crippen LogP contribution < -0.4 is 11.1 Å². The molecule has 0 bridgehead atoms. The molecular formula is C13H18N4O2. The fourth-order valence-electron chi connectivity index (χ4n) is 2.13. The van der Waals surface area contributed by atoms with Crippen LogP contribution in [0.15, 0.2) is 18.3 Å². The van der Waals surface area contributed by atoms with Gasteiger partial charge in [0, 0.05) is 44.4 Å². The number of nitrogens with zero attached hydrogens (tertiary/aromatic N) is 2. The molecule has 1 unspecified atom stereocenters. The smallest absolute Gasteiger partial charge is 0.251 e. The second kappa shape index (κ2) is 5.79. The molecule has 19 heavy (non-hydrogen) atoms. The molecule has 2 rings (SSSR count). The first-order valence-corrected chi connectivity index (χ1v) is 6.30. The summed E-state index contributed by atoms with van der Waals surface area (Å²) in [6.45, 7) is 0.862. The minimum Gasteiger partial charge on any atom is -0.348 e. The van der Waals surface area contributed by atoms with Crippen molar-refractivity contribution in [3.05, 3.63) is 29.6 Å². The van der Waals surface area contributed by atoms with Crippen molar-refractivity contribution in [1.29, 1.82) is 0 Å². The SMILES string of the molecule is CN1CC(NC(=O)c2ccnc(CN)c2)CCC1=O. The second-order valence-electron chi connectivity index (χ2n) is 4.72. The van der Waals surface area contributed by atoms with Crippen molar-refractivity contribution in [3.63, 3.8) is 0 Å². The molecule has 0 spiro atoms. The number of carbonyl (C=O) groups excluding carboxylic acids is 2. The summed E-state index contributed by atoms with van der Waals surface area (Å²) in [5.74, 6) is -0.0234. The van der Waals surface area contributed by atoms with Crippen LogP contribution in [0, 0.1) is 0 Å². The van der Waals surface area contributed by atoms with E-state index in [4.69, 9.17) is 5.73 Å². The lowest BCUT2D eigenvalue weighted by Gasteiger charge is -2.30. The molecule has 6 nitrogen and oxygen atoms in total. The van der Waals surface area contributed by atoms with Crippen LogP contribution in [0.5, 0.6) is 0 Å². The third-order valence-electron chi connectivity index (χ3n) is 3.25. The highest BCUT2D eigenvalue weighted by Crippen LogP contribution is 2.10. The zero-order chi connectivity index (χ0) is 13.8. The summed E-state index contributed by atoms with van der Waals surface area (Å²) in [5, 5.41) is 2.94. The number of pyridine rings is 1. The van der Waals surface area contributed by atoms with Gasteiger partial charge in [-0.15, -0.1) is 0 Å². The number of nitrogens with one attached hydrogen (secondary N) is 1. The van der Waals surface area contributed by atoms with Gasteiger partial charge in [0.2, 0.25) is 5.91 Å². The monoisotopic (exact) mass is 262 g/mol. The Kier molecular flexibility index (Phi) is 4.11. The molecule has 0 saturated carbocycles. The normalized spacial score (nSPS) is 19.4. The average Bonchev–Trinajstić information content (AvgIpc) is 2.43. The van der Waals surface area contributed by atoms with Gasteiger partial charge >= 0.3 is 0 Å². The molecule has 1 aromatic rings. The van der Waals surface area contributed by atoms with Gasteiger partial charge in [-0.1, -0.05) is 0 Å². The highest BCUT2D eigenvalue weighted by Gasteiger charge is 2.24. The topological polar surface area (TPSA) is 88.3 Å². The van der Waals surface area contributed by atoms with Crippen molar-refractivity contribution in [1.82, 2.24) is 15.2 Å². The number of likely N-dealkylation sites (N-methyl/N-ethyl adjacent to an activating group) is 1. The molecule has 1 atom stereocenters. The number of piperidine rings is 1. The number of aromatic nitrogens is 1. The summed E-state index contributed by atoms with van der Waals surface area (Å²) in [6, 6.07) is 3.35. The Morgan fingerprint density at radius 2 is 2.42 bits per heavy atom. The third kappa shape index (κ3) is 3.29. The van der Waals surface area contributed by atoms with Crippen molar-refractivity contribution < 1.29 is 9.59 Å². The average molecular weight is 262 g/mol. The van der Waals surface area contributed by atoms with Gasteiger partial charge in [0.25, 0.3) is 5.91 Å². The van der Waals surface area contributed by atoms with Gasteiger partial charge in [0.05, 0.1) is 5.69 Å². The molecule has 6 heteroatoms. The highest BCUT2D eigenvalue weighted by atomic mass is 16.2. The van der Waals surface area contributed by atoms with Crippen molar-refractivity contribution in [2.45, 2.75) is 25.4 Å². The van der Waals surface area contributed by atoms with Crippen LogP contribution in [0.25, 0.3) is 0 Å². The molecular weight excluding hydrogens is 244 g/mol. The van der Waals surface area contributed by atoms with Crippen LogP contribution in [-0.4, -0.2) is 41.3 Å². The summed E-state index contributed by atoms with van der Waals surface area (Å²) < 4.78 is 0. The molecule has 1 aliphatic heterocycles. The van der Waals surface area contributed by atoms with E-state index in [1.165, 1.54) is 0 Å². The molecule has 0 aromatic carbocycles. The fraction of sp³-hybridized carbons (Fsp3) is 0.462. The van der Waals surface area contributed by atoms with E-state index in [0.29, 0.717) is 37.2 Å². The maximum Gasteiger partial charge on any atom is 0.251 e. The molecule has 1 fully saturated rings. The van der Waals surface area contributed by atoms with E-state index < -0.39 is 0 Å². The van der Waals surface area contributed by atoms with E-state index >= 15 is 0 Å². The molecule has 2 heterocycles. The quantitative estimate of drug-likeness (QED) is 0.795. The van der Waals surface area contributed by atoms with E-state index in [9.17, 15) is 9.59 Å². The fourth-order valence-corrected chi connectivity index (χ4v) is 2.13. The van der Waals surface area contributed by atoms with Gasteiger partial charge in [0.15, 0.2) is 0 Å². The molecule has 102 valence electrons. The number of hydrogen-bond donors (Lipinski definition) is 2. The predicted octanol–water partition coefficient (Wildman–Crippen LogP) is -0.109. The lowest BCUT2D eigenvalue weighted by molar-refractivity contribution is -0.132. The van der Waals surface area contributed by atoms with Crippen LogP contribution >= 0.6 is 0 Å². The number of rotatable bonds is 3. The highest BCUT2D eigenvalue weighted by molar-refractivity contribution is 5.94. The van der Waals surface area contributed by atoms with Gasteiger partial charge in [0.1, 0.15) is 0 Å². The van der Waals surface area contributed by atoms with Crippen molar-refractivity contribution in [2.24, 2.45) is 5.73 Å². The van der Waals surface area contributed by atoms with Crippen molar-refractivity contribution in [2.75, 3.05) is 13.6 Å². The molecule has 2 amide bonds. The van der Waals surface area contributed by atoms with Crippen LogP contribution in [0.4, 0.5) is 0 Å². The number of amides is 2. The van der Waals surface area contributed by atoms with E-state index in [-0.39, 0.29) is 17.9 Å². The number of hydrogen-bond acceptors (Lipinski definition) is 4. The summed E-state index contributed by atoms with van der Waals surface area (Å²) in [5.41, 5.74) is 6.73.